The Labute approximate surface area is 182 Å². The average Bonchev–Trinajstić information content (AvgIpc) is 3.37. The highest BCUT2D eigenvalue weighted by Crippen LogP contribution is 2.38. The lowest BCUT2D eigenvalue weighted by molar-refractivity contribution is -0.133. The van der Waals surface area contributed by atoms with Gasteiger partial charge in [-0.1, -0.05) is 30.5 Å². The monoisotopic (exact) mass is 432 g/mol. The molecule has 2 aliphatic heterocycles. The first kappa shape index (κ1) is 21.0. The smallest absolute Gasteiger partial charge is 0.322 e. The molecular weight excluding hydrogens is 404 g/mol. The Balaban J connectivity index is 1.36. The van der Waals surface area contributed by atoms with E-state index in [-0.39, 0.29) is 24.2 Å². The van der Waals surface area contributed by atoms with Crippen molar-refractivity contribution in [2.45, 2.75) is 51.0 Å². The zero-order chi connectivity index (χ0) is 21.3. The third kappa shape index (κ3) is 4.00. The van der Waals surface area contributed by atoms with Crippen molar-refractivity contribution in [2.75, 3.05) is 31.1 Å². The number of aryl methyl sites for hydroxylation is 1. The van der Waals surface area contributed by atoms with E-state index in [0.717, 1.165) is 44.5 Å². The van der Waals surface area contributed by atoms with Crippen LogP contribution in [0.25, 0.3) is 0 Å². The van der Waals surface area contributed by atoms with Crippen molar-refractivity contribution in [1.29, 1.82) is 0 Å². The van der Waals surface area contributed by atoms with Crippen molar-refractivity contribution in [3.63, 3.8) is 0 Å². The summed E-state index contributed by atoms with van der Waals surface area (Å²) in [5.41, 5.74) is 1.35. The maximum atomic E-state index is 12.9. The number of piperazine rings is 1. The molecule has 0 radical (unpaired) electrons. The van der Waals surface area contributed by atoms with Gasteiger partial charge in [-0.25, -0.2) is 4.79 Å². The Bertz CT molecular complexity index is 847. The molecule has 162 valence electrons. The summed E-state index contributed by atoms with van der Waals surface area (Å²) in [7, 11) is 0. The van der Waals surface area contributed by atoms with Crippen molar-refractivity contribution in [1.82, 2.24) is 15.5 Å². The molecule has 0 bridgehead atoms. The number of amides is 4. The van der Waals surface area contributed by atoms with Crippen molar-refractivity contribution in [2.24, 2.45) is 5.92 Å². The molecule has 1 aromatic rings. The van der Waals surface area contributed by atoms with E-state index in [1.54, 1.807) is 0 Å². The van der Waals surface area contributed by atoms with E-state index >= 15 is 0 Å². The molecule has 1 saturated carbocycles. The Morgan fingerprint density at radius 3 is 2.50 bits per heavy atom. The number of anilines is 1. The second-order valence-corrected chi connectivity index (χ2v) is 9.10. The first-order valence-electron chi connectivity index (χ1n) is 10.8. The molecule has 1 unspecified atom stereocenters. The van der Waals surface area contributed by atoms with Gasteiger partial charge in [0.15, 0.2) is 0 Å². The lowest BCUT2D eigenvalue weighted by Gasteiger charge is -2.38. The van der Waals surface area contributed by atoms with E-state index in [1.165, 1.54) is 5.56 Å². The molecule has 0 aromatic heterocycles. The fourth-order valence-corrected chi connectivity index (χ4v) is 5.34. The first-order chi connectivity index (χ1) is 14.4. The molecule has 2 saturated heterocycles. The Kier molecular flexibility index (Phi) is 5.91. The summed E-state index contributed by atoms with van der Waals surface area (Å²) in [6.07, 6.45) is 4.59. The molecule has 3 fully saturated rings. The maximum absolute atomic E-state index is 12.9. The Morgan fingerprint density at radius 1 is 1.17 bits per heavy atom. The lowest BCUT2D eigenvalue weighted by atomic mass is 9.79. The van der Waals surface area contributed by atoms with Gasteiger partial charge < -0.3 is 15.1 Å². The average molecular weight is 433 g/mol. The van der Waals surface area contributed by atoms with E-state index in [1.807, 2.05) is 23.1 Å². The maximum Gasteiger partial charge on any atom is 0.322 e. The Morgan fingerprint density at radius 2 is 1.87 bits per heavy atom. The van der Waals surface area contributed by atoms with E-state index in [9.17, 15) is 14.4 Å². The summed E-state index contributed by atoms with van der Waals surface area (Å²) < 4.78 is 0. The van der Waals surface area contributed by atoms with Crippen LogP contribution in [0.5, 0.6) is 0 Å². The number of halogens is 1. The molecular formula is C22H29ClN4O3. The molecule has 2 heterocycles. The van der Waals surface area contributed by atoms with Crippen molar-refractivity contribution < 1.29 is 14.4 Å². The van der Waals surface area contributed by atoms with Crippen LogP contribution in [-0.4, -0.2) is 54.5 Å². The Hall–Kier alpha value is -2.28. The van der Waals surface area contributed by atoms with Gasteiger partial charge in [-0.05, 0) is 49.8 Å². The van der Waals surface area contributed by atoms with Crippen LogP contribution in [-0.2, 0) is 9.59 Å². The highest BCUT2D eigenvalue weighted by Gasteiger charge is 2.52. The third-order valence-electron chi connectivity index (χ3n) is 6.90. The van der Waals surface area contributed by atoms with E-state index in [4.69, 9.17) is 11.6 Å². The van der Waals surface area contributed by atoms with Crippen LogP contribution in [0.4, 0.5) is 10.5 Å². The molecule has 4 amide bonds. The summed E-state index contributed by atoms with van der Waals surface area (Å²) in [6.45, 7) is 4.84. The summed E-state index contributed by atoms with van der Waals surface area (Å²) in [4.78, 5) is 41.5. The van der Waals surface area contributed by atoms with Gasteiger partial charge >= 0.3 is 6.03 Å². The highest BCUT2D eigenvalue weighted by atomic mass is 35.5. The standard InChI is InChI=1S/C22H29ClN4O3/c1-15-6-7-17(23)14-18(15)26-10-12-27(13-11-26)19(28)8-9-22(16-4-2-3-5-16)20(29)24-21(30)25-22/h6-7,14,16H,2-5,8-13H2,1H3,(H2,24,25,29,30). The molecule has 8 heteroatoms. The molecule has 1 atom stereocenters. The quantitative estimate of drug-likeness (QED) is 0.701. The van der Waals surface area contributed by atoms with Crippen LogP contribution < -0.4 is 15.5 Å². The largest absolute Gasteiger partial charge is 0.368 e. The van der Waals surface area contributed by atoms with Crippen LogP contribution in [0.2, 0.25) is 5.02 Å². The number of nitrogens with one attached hydrogen (secondary N) is 2. The first-order valence-corrected chi connectivity index (χ1v) is 11.2. The number of nitrogens with zero attached hydrogens (tertiary/aromatic N) is 2. The van der Waals surface area contributed by atoms with E-state index in [0.29, 0.717) is 24.5 Å². The summed E-state index contributed by atoms with van der Waals surface area (Å²) in [6, 6.07) is 5.43. The van der Waals surface area contributed by atoms with E-state index < -0.39 is 11.6 Å². The van der Waals surface area contributed by atoms with E-state index in [2.05, 4.69) is 22.5 Å². The summed E-state index contributed by atoms with van der Waals surface area (Å²) in [5, 5.41) is 5.97. The number of hydrogen-bond donors (Lipinski definition) is 2. The summed E-state index contributed by atoms with van der Waals surface area (Å²) in [5.74, 6) is -0.114. The van der Waals surface area contributed by atoms with Gasteiger partial charge in [0.25, 0.3) is 5.91 Å². The number of carbonyl (C=O) groups is 3. The minimum atomic E-state index is -0.928. The SMILES string of the molecule is Cc1ccc(Cl)cc1N1CCN(C(=O)CCC2(C3CCCC3)NC(=O)NC2=O)CC1. The summed E-state index contributed by atoms with van der Waals surface area (Å²) >= 11 is 6.15. The van der Waals surface area contributed by atoms with Gasteiger partial charge in [-0.15, -0.1) is 0 Å². The molecule has 30 heavy (non-hydrogen) atoms. The normalized spacial score (nSPS) is 24.9. The molecule has 7 nitrogen and oxygen atoms in total. The second-order valence-electron chi connectivity index (χ2n) is 8.66. The molecule has 1 aromatic carbocycles. The zero-order valence-corrected chi connectivity index (χ0v) is 18.1. The van der Waals surface area contributed by atoms with Crippen LogP contribution in [0.3, 0.4) is 0 Å². The molecule has 2 N–H and O–H groups in total. The molecule has 0 spiro atoms. The zero-order valence-electron chi connectivity index (χ0n) is 17.4. The van der Waals surface area contributed by atoms with Crippen molar-refractivity contribution in [3.05, 3.63) is 28.8 Å². The fourth-order valence-electron chi connectivity index (χ4n) is 5.17. The highest BCUT2D eigenvalue weighted by molar-refractivity contribution is 6.30. The van der Waals surface area contributed by atoms with Crippen LogP contribution >= 0.6 is 11.6 Å². The fraction of sp³-hybridized carbons (Fsp3) is 0.591. The number of benzene rings is 1. The number of rotatable bonds is 5. The van der Waals surface area contributed by atoms with Crippen molar-refractivity contribution in [3.8, 4) is 0 Å². The topological polar surface area (TPSA) is 81.8 Å². The number of imide groups is 1. The van der Waals surface area contributed by atoms with Gasteiger partial charge in [-0.2, -0.15) is 0 Å². The van der Waals surface area contributed by atoms with Crippen molar-refractivity contribution >= 4 is 35.1 Å². The second kappa shape index (κ2) is 8.46. The number of carbonyl (C=O) groups excluding carboxylic acids is 3. The molecule has 3 aliphatic rings. The molecule has 4 rings (SSSR count). The third-order valence-corrected chi connectivity index (χ3v) is 7.13. The molecule has 1 aliphatic carbocycles. The van der Waals surface area contributed by atoms with Crippen LogP contribution in [0.1, 0.15) is 44.1 Å². The van der Waals surface area contributed by atoms with Gasteiger partial charge in [0, 0.05) is 43.3 Å². The van der Waals surface area contributed by atoms with Gasteiger partial charge in [-0.3, -0.25) is 14.9 Å². The van der Waals surface area contributed by atoms with Gasteiger partial charge in [0.2, 0.25) is 5.91 Å². The van der Waals surface area contributed by atoms with Gasteiger partial charge in [0.1, 0.15) is 5.54 Å². The minimum absolute atomic E-state index is 0.0452. The number of hydrogen-bond acceptors (Lipinski definition) is 4. The minimum Gasteiger partial charge on any atom is -0.368 e. The number of urea groups is 1. The predicted octanol–water partition coefficient (Wildman–Crippen LogP) is 2.85. The van der Waals surface area contributed by atoms with Crippen LogP contribution in [0, 0.1) is 12.8 Å². The predicted molar refractivity (Wildman–Crippen MR) is 116 cm³/mol. The van der Waals surface area contributed by atoms with Gasteiger partial charge in [0.05, 0.1) is 0 Å². The lowest BCUT2D eigenvalue weighted by Crippen LogP contribution is -2.54. The van der Waals surface area contributed by atoms with Crippen LogP contribution in [0.15, 0.2) is 18.2 Å².